The van der Waals surface area contributed by atoms with E-state index in [0.29, 0.717) is 11.8 Å². The van der Waals surface area contributed by atoms with E-state index in [-0.39, 0.29) is 6.10 Å². The Labute approximate surface area is 123 Å². The van der Waals surface area contributed by atoms with Crippen LogP contribution in [0.15, 0.2) is 28.2 Å². The molecule has 1 aliphatic rings. The molecule has 0 spiro atoms. The van der Waals surface area contributed by atoms with Gasteiger partial charge in [0.1, 0.15) is 6.26 Å². The zero-order valence-corrected chi connectivity index (χ0v) is 12.5. The Morgan fingerprint density at radius 2 is 2.40 bits per heavy atom. The van der Waals surface area contributed by atoms with E-state index in [0.717, 1.165) is 42.9 Å². The van der Waals surface area contributed by atoms with Crippen molar-refractivity contribution in [3.63, 3.8) is 0 Å². The molecular formula is C15H20N2O2S. The van der Waals surface area contributed by atoms with Gasteiger partial charge in [0.15, 0.2) is 0 Å². The van der Waals surface area contributed by atoms with Crippen LogP contribution in [0.1, 0.15) is 25.0 Å². The van der Waals surface area contributed by atoms with Crippen LogP contribution in [0, 0.1) is 5.92 Å². The number of aliphatic hydroxyl groups excluding tert-OH is 1. The van der Waals surface area contributed by atoms with Gasteiger partial charge in [-0.1, -0.05) is 12.5 Å². The first-order valence-corrected chi connectivity index (χ1v) is 7.95. The fourth-order valence-corrected chi connectivity index (χ4v) is 3.52. The maximum Gasteiger partial charge on any atom is 0.236 e. The number of hydrogen-bond donors (Lipinski definition) is 1. The maximum atomic E-state index is 9.87. The molecule has 0 saturated heterocycles. The second kappa shape index (κ2) is 6.08. The average molecular weight is 292 g/mol. The highest BCUT2D eigenvalue weighted by Crippen LogP contribution is 2.27. The lowest BCUT2D eigenvalue weighted by Gasteiger charge is -2.22. The van der Waals surface area contributed by atoms with Crippen LogP contribution >= 0.6 is 11.3 Å². The third kappa shape index (κ3) is 3.11. The van der Waals surface area contributed by atoms with Crippen LogP contribution in [0.3, 0.4) is 0 Å². The number of aliphatic hydroxyl groups is 1. The van der Waals surface area contributed by atoms with E-state index in [1.807, 2.05) is 17.5 Å². The van der Waals surface area contributed by atoms with E-state index in [2.05, 4.69) is 16.9 Å². The smallest absolute Gasteiger partial charge is 0.236 e. The molecule has 5 heteroatoms. The van der Waals surface area contributed by atoms with E-state index in [9.17, 15) is 5.11 Å². The van der Waals surface area contributed by atoms with E-state index in [4.69, 9.17) is 4.42 Å². The fourth-order valence-electron chi connectivity index (χ4n) is 2.86. The van der Waals surface area contributed by atoms with Crippen molar-refractivity contribution in [1.82, 2.24) is 9.88 Å². The molecule has 0 amide bonds. The Kier molecular flexibility index (Phi) is 4.19. The molecular weight excluding hydrogens is 272 g/mol. The molecule has 1 fully saturated rings. The van der Waals surface area contributed by atoms with Crippen LogP contribution in [-0.4, -0.2) is 34.7 Å². The Bertz CT molecular complexity index is 538. The summed E-state index contributed by atoms with van der Waals surface area (Å²) in [5.74, 6) is 1.10. The molecule has 108 valence electrons. The molecule has 0 aliphatic heterocycles. The highest BCUT2D eigenvalue weighted by molar-refractivity contribution is 7.13. The molecule has 2 aromatic rings. The summed E-state index contributed by atoms with van der Waals surface area (Å²) in [5.41, 5.74) is 0.948. The van der Waals surface area contributed by atoms with Crippen LogP contribution in [-0.2, 0) is 6.54 Å². The number of rotatable bonds is 5. The molecule has 0 radical (unpaired) electrons. The van der Waals surface area contributed by atoms with E-state index < -0.39 is 0 Å². The fraction of sp³-hybridized carbons (Fsp3) is 0.533. The third-order valence-corrected chi connectivity index (χ3v) is 4.74. The first-order valence-electron chi connectivity index (χ1n) is 7.07. The summed E-state index contributed by atoms with van der Waals surface area (Å²) in [7, 11) is 2.07. The van der Waals surface area contributed by atoms with Crippen molar-refractivity contribution in [3.8, 4) is 10.8 Å². The van der Waals surface area contributed by atoms with Gasteiger partial charge in [-0.05, 0) is 37.3 Å². The lowest BCUT2D eigenvalue weighted by Crippen LogP contribution is -2.29. The number of nitrogens with zero attached hydrogens (tertiary/aromatic N) is 2. The average Bonchev–Trinajstić information content (AvgIpc) is 3.12. The number of oxazole rings is 1. The monoisotopic (exact) mass is 292 g/mol. The minimum Gasteiger partial charge on any atom is -0.444 e. The van der Waals surface area contributed by atoms with Gasteiger partial charge in [0.25, 0.3) is 0 Å². The van der Waals surface area contributed by atoms with Gasteiger partial charge in [0.05, 0.1) is 16.7 Å². The van der Waals surface area contributed by atoms with Gasteiger partial charge in [0.2, 0.25) is 5.89 Å². The van der Waals surface area contributed by atoms with Crippen LogP contribution in [0.2, 0.25) is 0 Å². The summed E-state index contributed by atoms with van der Waals surface area (Å²) in [6, 6.07) is 4.01. The van der Waals surface area contributed by atoms with Crippen molar-refractivity contribution in [1.29, 1.82) is 0 Å². The van der Waals surface area contributed by atoms with Crippen molar-refractivity contribution in [2.75, 3.05) is 13.6 Å². The summed E-state index contributed by atoms with van der Waals surface area (Å²) in [5, 5.41) is 11.9. The number of thiophene rings is 1. The lowest BCUT2D eigenvalue weighted by molar-refractivity contribution is 0.107. The van der Waals surface area contributed by atoms with Crippen molar-refractivity contribution in [2.45, 2.75) is 31.9 Å². The SMILES string of the molecule is CN(Cc1coc(-c2cccs2)n1)CC1CCCC1O. The molecule has 20 heavy (non-hydrogen) atoms. The molecule has 2 atom stereocenters. The predicted molar refractivity (Wildman–Crippen MR) is 79.5 cm³/mol. The highest BCUT2D eigenvalue weighted by atomic mass is 32.1. The first-order chi connectivity index (χ1) is 9.72. The minimum absolute atomic E-state index is 0.128. The quantitative estimate of drug-likeness (QED) is 0.920. The molecule has 1 saturated carbocycles. The molecule has 2 aromatic heterocycles. The van der Waals surface area contributed by atoms with Crippen LogP contribution in [0.25, 0.3) is 10.8 Å². The normalized spacial score (nSPS) is 22.8. The zero-order chi connectivity index (χ0) is 13.9. The van der Waals surface area contributed by atoms with Crippen LogP contribution < -0.4 is 0 Å². The Morgan fingerprint density at radius 3 is 3.10 bits per heavy atom. The highest BCUT2D eigenvalue weighted by Gasteiger charge is 2.26. The molecule has 0 aromatic carbocycles. The minimum atomic E-state index is -0.128. The Morgan fingerprint density at radius 1 is 1.50 bits per heavy atom. The van der Waals surface area contributed by atoms with Crippen molar-refractivity contribution in [2.24, 2.45) is 5.92 Å². The summed E-state index contributed by atoms with van der Waals surface area (Å²) in [6.07, 6.45) is 4.83. The summed E-state index contributed by atoms with van der Waals surface area (Å²) in [4.78, 5) is 7.80. The largest absolute Gasteiger partial charge is 0.444 e. The summed E-state index contributed by atoms with van der Waals surface area (Å²) < 4.78 is 5.52. The first kappa shape index (κ1) is 13.8. The van der Waals surface area contributed by atoms with E-state index >= 15 is 0 Å². The summed E-state index contributed by atoms with van der Waals surface area (Å²) >= 11 is 1.63. The molecule has 2 unspecified atom stereocenters. The van der Waals surface area contributed by atoms with Crippen LogP contribution in [0.4, 0.5) is 0 Å². The van der Waals surface area contributed by atoms with Crippen molar-refractivity contribution >= 4 is 11.3 Å². The predicted octanol–water partition coefficient (Wildman–Crippen LogP) is 3.00. The molecule has 2 heterocycles. The Hall–Kier alpha value is -1.17. The third-order valence-electron chi connectivity index (χ3n) is 3.88. The van der Waals surface area contributed by atoms with Crippen LogP contribution in [0.5, 0.6) is 0 Å². The lowest BCUT2D eigenvalue weighted by atomic mass is 10.1. The number of aromatic nitrogens is 1. The molecule has 4 nitrogen and oxygen atoms in total. The van der Waals surface area contributed by atoms with Gasteiger partial charge in [-0.15, -0.1) is 11.3 Å². The van der Waals surface area contributed by atoms with Gasteiger partial charge >= 0.3 is 0 Å². The second-order valence-electron chi connectivity index (χ2n) is 5.58. The standard InChI is InChI=1S/C15H20N2O2S/c1-17(8-11-4-2-5-13(11)18)9-12-10-19-15(16-12)14-6-3-7-20-14/h3,6-7,10-11,13,18H,2,4-5,8-9H2,1H3. The molecule has 3 rings (SSSR count). The Balaban J connectivity index is 1.57. The molecule has 0 bridgehead atoms. The van der Waals surface area contributed by atoms with E-state index in [1.54, 1.807) is 17.6 Å². The molecule has 1 aliphatic carbocycles. The maximum absolute atomic E-state index is 9.87. The van der Waals surface area contributed by atoms with Gasteiger partial charge in [-0.3, -0.25) is 0 Å². The second-order valence-corrected chi connectivity index (χ2v) is 6.52. The number of hydrogen-bond acceptors (Lipinski definition) is 5. The van der Waals surface area contributed by atoms with Gasteiger partial charge in [0, 0.05) is 13.1 Å². The van der Waals surface area contributed by atoms with Gasteiger partial charge in [-0.2, -0.15) is 0 Å². The zero-order valence-electron chi connectivity index (χ0n) is 11.7. The molecule has 1 N–H and O–H groups in total. The topological polar surface area (TPSA) is 49.5 Å². The van der Waals surface area contributed by atoms with Gasteiger partial charge in [-0.25, -0.2) is 4.98 Å². The van der Waals surface area contributed by atoms with Crippen molar-refractivity contribution in [3.05, 3.63) is 29.5 Å². The van der Waals surface area contributed by atoms with E-state index in [1.165, 1.54) is 0 Å². The van der Waals surface area contributed by atoms with Crippen molar-refractivity contribution < 1.29 is 9.52 Å². The van der Waals surface area contributed by atoms with Gasteiger partial charge < -0.3 is 14.4 Å². The summed E-state index contributed by atoms with van der Waals surface area (Å²) in [6.45, 7) is 1.68.